The SMILES string of the molecule is CC(C)(C)C(=O)OCOP(=O)(OCOC(=O)C(C)(C)C)N1CCC(NC(=O)c2[nH]ncc2NC(=O)c2c(Cl)cccc2Cl)CC1. The summed E-state index contributed by atoms with van der Waals surface area (Å²) in [5.74, 6) is -2.30. The van der Waals surface area contributed by atoms with E-state index < -0.39 is 55.9 Å². The molecule has 1 aliphatic rings. The molecule has 1 aromatic heterocycles. The van der Waals surface area contributed by atoms with Crippen molar-refractivity contribution >= 4 is 60.4 Å². The van der Waals surface area contributed by atoms with E-state index in [0.29, 0.717) is 12.8 Å². The molecule has 0 unspecified atom stereocenters. The second kappa shape index (κ2) is 15.1. The minimum atomic E-state index is -4.10. The lowest BCUT2D eigenvalue weighted by Crippen LogP contribution is -2.44. The van der Waals surface area contributed by atoms with Gasteiger partial charge in [-0.2, -0.15) is 5.10 Å². The van der Waals surface area contributed by atoms with E-state index in [9.17, 15) is 23.7 Å². The molecule has 2 heterocycles. The average Bonchev–Trinajstić information content (AvgIpc) is 3.40. The number of benzene rings is 1. The zero-order valence-electron chi connectivity index (χ0n) is 25.9. The minimum absolute atomic E-state index is 0.00706. The Bertz CT molecular complexity index is 1390. The number of esters is 2. The zero-order chi connectivity index (χ0) is 33.6. The minimum Gasteiger partial charge on any atom is -0.438 e. The van der Waals surface area contributed by atoms with E-state index in [1.165, 1.54) is 23.0 Å². The van der Waals surface area contributed by atoms with Crippen LogP contribution in [0.1, 0.15) is 75.2 Å². The van der Waals surface area contributed by atoms with Gasteiger partial charge in [-0.25, -0.2) is 9.24 Å². The fourth-order valence-corrected chi connectivity index (χ4v) is 5.96. The summed E-state index contributed by atoms with van der Waals surface area (Å²) >= 11 is 12.3. The van der Waals surface area contributed by atoms with Gasteiger partial charge in [-0.3, -0.25) is 33.3 Å². The number of aromatic amines is 1. The summed E-state index contributed by atoms with van der Waals surface area (Å²) in [5.41, 5.74) is -1.45. The molecule has 0 saturated carbocycles. The van der Waals surface area contributed by atoms with E-state index in [1.807, 2.05) is 0 Å². The predicted octanol–water partition coefficient (Wildman–Crippen LogP) is 5.40. The zero-order valence-corrected chi connectivity index (χ0v) is 28.3. The van der Waals surface area contributed by atoms with Gasteiger partial charge in [0.25, 0.3) is 11.8 Å². The highest BCUT2D eigenvalue weighted by Crippen LogP contribution is 2.53. The Labute approximate surface area is 271 Å². The van der Waals surface area contributed by atoms with E-state index in [1.54, 1.807) is 47.6 Å². The number of halogens is 2. The molecule has 0 bridgehead atoms. The normalized spacial score (nSPS) is 14.9. The first-order valence-corrected chi connectivity index (χ1v) is 16.3. The van der Waals surface area contributed by atoms with Gasteiger partial charge in [-0.05, 0) is 66.5 Å². The van der Waals surface area contributed by atoms with E-state index in [-0.39, 0.29) is 46.1 Å². The summed E-state index contributed by atoms with van der Waals surface area (Å²) in [6.07, 6.45) is 1.94. The number of rotatable bonds is 11. The van der Waals surface area contributed by atoms with Crippen molar-refractivity contribution in [1.82, 2.24) is 20.2 Å². The number of hydrogen-bond donors (Lipinski definition) is 3. The summed E-state index contributed by atoms with van der Waals surface area (Å²) in [6, 6.07) is 4.28. The Morgan fingerprint density at radius 2 is 1.44 bits per heavy atom. The first-order valence-electron chi connectivity index (χ1n) is 14.0. The number of H-pyrrole nitrogens is 1. The van der Waals surface area contributed by atoms with Gasteiger partial charge in [0.05, 0.1) is 38.3 Å². The molecule has 0 spiro atoms. The first-order chi connectivity index (χ1) is 20.9. The average molecular weight is 691 g/mol. The van der Waals surface area contributed by atoms with Crippen molar-refractivity contribution in [2.24, 2.45) is 10.8 Å². The van der Waals surface area contributed by atoms with Gasteiger partial charge < -0.3 is 20.1 Å². The lowest BCUT2D eigenvalue weighted by atomic mass is 9.98. The van der Waals surface area contributed by atoms with Crippen LogP contribution in [0.4, 0.5) is 5.69 Å². The summed E-state index contributed by atoms with van der Waals surface area (Å²) < 4.78 is 36.3. The van der Waals surface area contributed by atoms with Crippen molar-refractivity contribution in [2.75, 3.05) is 32.0 Å². The predicted molar refractivity (Wildman–Crippen MR) is 166 cm³/mol. The fraction of sp³-hybridized carbons (Fsp3) is 0.536. The molecule has 2 amide bonds. The molecule has 3 N–H and O–H groups in total. The van der Waals surface area contributed by atoms with Crippen LogP contribution in [0.15, 0.2) is 24.4 Å². The molecule has 1 aromatic carbocycles. The second-order valence-corrected chi connectivity index (χ2v) is 15.1. The Hall–Kier alpha value is -3.00. The Balaban J connectivity index is 1.62. The highest BCUT2D eigenvalue weighted by atomic mass is 35.5. The van der Waals surface area contributed by atoms with Crippen molar-refractivity contribution in [1.29, 1.82) is 0 Å². The molecule has 3 rings (SSSR count). The van der Waals surface area contributed by atoms with Gasteiger partial charge in [0.2, 0.25) is 13.6 Å². The van der Waals surface area contributed by atoms with Gasteiger partial charge in [0.15, 0.2) is 0 Å². The molecule has 0 atom stereocenters. The van der Waals surface area contributed by atoms with Crippen LogP contribution in [-0.4, -0.2) is 71.3 Å². The van der Waals surface area contributed by atoms with Crippen LogP contribution in [0, 0.1) is 10.8 Å². The molecule has 1 aliphatic heterocycles. The third kappa shape index (κ3) is 9.99. The van der Waals surface area contributed by atoms with Crippen molar-refractivity contribution in [3.63, 3.8) is 0 Å². The van der Waals surface area contributed by atoms with Crippen LogP contribution in [-0.2, 0) is 32.7 Å². The highest BCUT2D eigenvalue weighted by molar-refractivity contribution is 7.51. The highest BCUT2D eigenvalue weighted by Gasteiger charge is 2.39. The second-order valence-electron chi connectivity index (χ2n) is 12.2. The number of carbonyl (C=O) groups excluding carboxylic acids is 4. The summed E-state index contributed by atoms with van der Waals surface area (Å²) in [6.45, 7) is 8.96. The molecule has 45 heavy (non-hydrogen) atoms. The number of aromatic nitrogens is 2. The third-order valence-electron chi connectivity index (χ3n) is 6.49. The van der Waals surface area contributed by atoms with Crippen molar-refractivity contribution in [3.05, 3.63) is 45.7 Å². The van der Waals surface area contributed by atoms with Crippen LogP contribution in [0.25, 0.3) is 0 Å². The molecule has 2 aromatic rings. The van der Waals surface area contributed by atoms with Gasteiger partial charge in [-0.15, -0.1) is 0 Å². The van der Waals surface area contributed by atoms with Crippen LogP contribution < -0.4 is 10.6 Å². The summed E-state index contributed by atoms with van der Waals surface area (Å²) in [4.78, 5) is 50.2. The quantitative estimate of drug-likeness (QED) is 0.156. The number of hydrogen-bond acceptors (Lipinski definition) is 10. The van der Waals surface area contributed by atoms with Gasteiger partial charge in [0, 0.05) is 19.1 Å². The molecule has 17 heteroatoms. The molecular weight excluding hydrogens is 652 g/mol. The Kier molecular flexibility index (Phi) is 12.2. The molecule has 14 nitrogen and oxygen atoms in total. The number of ether oxygens (including phenoxy) is 2. The largest absolute Gasteiger partial charge is 0.438 e. The van der Waals surface area contributed by atoms with E-state index in [4.69, 9.17) is 41.7 Å². The van der Waals surface area contributed by atoms with E-state index in [0.717, 1.165) is 0 Å². The van der Waals surface area contributed by atoms with Gasteiger partial charge in [-0.1, -0.05) is 29.3 Å². The van der Waals surface area contributed by atoms with E-state index >= 15 is 0 Å². The van der Waals surface area contributed by atoms with Crippen molar-refractivity contribution in [2.45, 2.75) is 60.4 Å². The Morgan fingerprint density at radius 1 is 0.933 bits per heavy atom. The molecule has 0 radical (unpaired) electrons. The van der Waals surface area contributed by atoms with Crippen LogP contribution in [0.2, 0.25) is 10.0 Å². The first kappa shape index (κ1) is 36.5. The summed E-state index contributed by atoms with van der Waals surface area (Å²) in [7, 11) is -4.10. The fourth-order valence-electron chi connectivity index (χ4n) is 3.89. The van der Waals surface area contributed by atoms with Crippen LogP contribution in [0.5, 0.6) is 0 Å². The number of nitrogens with zero attached hydrogens (tertiary/aromatic N) is 2. The lowest BCUT2D eigenvalue weighted by Gasteiger charge is -2.35. The lowest BCUT2D eigenvalue weighted by molar-refractivity contribution is -0.162. The van der Waals surface area contributed by atoms with Crippen molar-refractivity contribution < 1.29 is 42.3 Å². The Morgan fingerprint density at radius 3 is 1.93 bits per heavy atom. The maximum absolute atomic E-state index is 13.8. The maximum atomic E-state index is 13.8. The maximum Gasteiger partial charge on any atom is 0.414 e. The molecular formula is C28H38Cl2N5O9P. The smallest absolute Gasteiger partial charge is 0.414 e. The molecule has 0 aliphatic carbocycles. The number of nitrogens with one attached hydrogen (secondary N) is 3. The van der Waals surface area contributed by atoms with Crippen molar-refractivity contribution in [3.8, 4) is 0 Å². The topological polar surface area (TPSA) is 178 Å². The monoisotopic (exact) mass is 689 g/mol. The number of carbonyl (C=O) groups is 4. The molecule has 248 valence electrons. The number of amides is 2. The van der Waals surface area contributed by atoms with Crippen LogP contribution in [0.3, 0.4) is 0 Å². The number of anilines is 1. The van der Waals surface area contributed by atoms with Gasteiger partial charge in [0.1, 0.15) is 5.69 Å². The number of piperidine rings is 1. The van der Waals surface area contributed by atoms with Crippen LogP contribution >= 0.6 is 30.9 Å². The van der Waals surface area contributed by atoms with E-state index in [2.05, 4.69) is 20.8 Å². The standard InChI is InChI=1S/C28H38Cl2N5O9P/c1-27(2,3)25(38)41-15-43-45(40,44-16-42-26(39)28(4,5)6)35-12-10-17(11-13-35)32-24(37)22-20(14-31-34-22)33-23(36)21-18(29)8-7-9-19(21)30/h7-9,14,17H,10-13,15-16H2,1-6H3,(H,31,34)(H,32,37)(H,33,36). The third-order valence-corrected chi connectivity index (χ3v) is 9.08. The summed E-state index contributed by atoms with van der Waals surface area (Å²) in [5, 5.41) is 12.2. The molecule has 1 saturated heterocycles. The van der Waals surface area contributed by atoms with Gasteiger partial charge >= 0.3 is 19.7 Å². The molecule has 1 fully saturated rings.